The fraction of sp³-hybridized carbons (Fsp3) is 0.125. The van der Waals surface area contributed by atoms with Crippen molar-refractivity contribution < 1.29 is 9.59 Å². The molecular weight excluding hydrogens is 270 g/mol. The minimum absolute atomic E-state index is 0.0630. The van der Waals surface area contributed by atoms with Crippen molar-refractivity contribution in [3.05, 3.63) is 65.2 Å². The van der Waals surface area contributed by atoms with Crippen LogP contribution in [0, 0.1) is 6.92 Å². The van der Waals surface area contributed by atoms with Gasteiger partial charge in [0, 0.05) is 16.8 Å². The number of ketones is 1. The van der Waals surface area contributed by atoms with Gasteiger partial charge < -0.3 is 5.32 Å². The summed E-state index contributed by atoms with van der Waals surface area (Å²) < 4.78 is 0. The molecule has 2 aromatic carbocycles. The molecule has 1 amide bonds. The molecule has 0 spiro atoms. The third-order valence-electron chi connectivity index (χ3n) is 2.95. The quantitative estimate of drug-likeness (QED) is 0.670. The zero-order valence-electron chi connectivity index (χ0n) is 11.1. The monoisotopic (exact) mass is 285 g/mol. The number of anilines is 1. The Labute approximate surface area is 123 Å². The van der Waals surface area contributed by atoms with Crippen molar-refractivity contribution in [2.24, 2.45) is 0 Å². The summed E-state index contributed by atoms with van der Waals surface area (Å²) in [4.78, 5) is 23.7. The third-order valence-corrected chi connectivity index (χ3v) is 3.24. The van der Waals surface area contributed by atoms with Gasteiger partial charge in [0.1, 0.15) is 0 Å². The molecule has 0 saturated carbocycles. The van der Waals surface area contributed by atoms with Crippen molar-refractivity contribution in [2.75, 3.05) is 11.1 Å². The van der Waals surface area contributed by atoms with Crippen molar-refractivity contribution in [2.45, 2.75) is 6.92 Å². The van der Waals surface area contributed by atoms with Crippen molar-refractivity contribution in [1.82, 2.24) is 0 Å². The molecule has 102 valence electrons. The van der Waals surface area contributed by atoms with Crippen LogP contribution in [0.3, 0.4) is 0 Å². The van der Waals surface area contributed by atoms with Crippen molar-refractivity contribution in [3.63, 3.8) is 0 Å². The van der Waals surface area contributed by atoms with E-state index in [2.05, 4.69) is 17.9 Å². The third kappa shape index (κ3) is 3.27. The molecule has 2 rings (SSSR count). The number of amides is 1. The lowest BCUT2D eigenvalue weighted by atomic mass is 10.0. The molecule has 2 aromatic rings. The summed E-state index contributed by atoms with van der Waals surface area (Å²) in [7, 11) is 0. The summed E-state index contributed by atoms with van der Waals surface area (Å²) in [6, 6.07) is 14.3. The van der Waals surface area contributed by atoms with Gasteiger partial charge in [-0.3, -0.25) is 9.59 Å². The van der Waals surface area contributed by atoms with Crippen LogP contribution in [0.5, 0.6) is 0 Å². The van der Waals surface area contributed by atoms with Gasteiger partial charge >= 0.3 is 0 Å². The molecule has 0 fully saturated rings. The molecule has 0 atom stereocenters. The number of aryl methyl sites for hydroxylation is 1. The van der Waals surface area contributed by atoms with Crippen molar-refractivity contribution >= 4 is 30.0 Å². The predicted molar refractivity (Wildman–Crippen MR) is 83.5 cm³/mol. The van der Waals surface area contributed by atoms with Crippen LogP contribution in [0.4, 0.5) is 5.69 Å². The Morgan fingerprint density at radius 1 is 1.05 bits per heavy atom. The van der Waals surface area contributed by atoms with Crippen LogP contribution in [-0.2, 0) is 4.79 Å². The molecule has 0 saturated heterocycles. The van der Waals surface area contributed by atoms with E-state index in [1.807, 2.05) is 31.2 Å². The molecule has 4 heteroatoms. The van der Waals surface area contributed by atoms with E-state index >= 15 is 0 Å². The van der Waals surface area contributed by atoms with Gasteiger partial charge in [-0.05, 0) is 18.6 Å². The van der Waals surface area contributed by atoms with Crippen LogP contribution < -0.4 is 5.32 Å². The van der Waals surface area contributed by atoms with Crippen LogP contribution in [0.15, 0.2) is 48.5 Å². The molecule has 0 bridgehead atoms. The summed E-state index contributed by atoms with van der Waals surface area (Å²) in [5.41, 5.74) is 2.73. The standard InChI is InChI=1S/C16H15NO2S/c1-11-7-8-13(9-14(11)17-15(18)10-20)16(19)12-5-3-2-4-6-12/h2-9,20H,10H2,1H3,(H,17,18). The number of carbonyl (C=O) groups excluding carboxylic acids is 2. The zero-order chi connectivity index (χ0) is 14.5. The average Bonchev–Trinajstić information content (AvgIpc) is 2.49. The van der Waals surface area contributed by atoms with Crippen LogP contribution in [0.25, 0.3) is 0 Å². The van der Waals surface area contributed by atoms with E-state index in [1.54, 1.807) is 24.3 Å². The topological polar surface area (TPSA) is 46.2 Å². The Morgan fingerprint density at radius 3 is 2.40 bits per heavy atom. The second-order valence-electron chi connectivity index (χ2n) is 4.43. The number of rotatable bonds is 4. The van der Waals surface area contributed by atoms with Gasteiger partial charge in [0.2, 0.25) is 5.91 Å². The van der Waals surface area contributed by atoms with Gasteiger partial charge in [0.25, 0.3) is 0 Å². The Bertz CT molecular complexity index is 638. The first kappa shape index (κ1) is 14.3. The second-order valence-corrected chi connectivity index (χ2v) is 4.75. The molecule has 0 unspecified atom stereocenters. The Kier molecular flexibility index (Phi) is 4.58. The molecule has 3 nitrogen and oxygen atoms in total. The van der Waals surface area contributed by atoms with Crippen molar-refractivity contribution in [3.8, 4) is 0 Å². The molecule has 20 heavy (non-hydrogen) atoms. The van der Waals surface area contributed by atoms with E-state index in [1.165, 1.54) is 0 Å². The van der Waals surface area contributed by atoms with Crippen LogP contribution in [0.1, 0.15) is 21.5 Å². The first-order valence-corrected chi connectivity index (χ1v) is 6.86. The minimum Gasteiger partial charge on any atom is -0.325 e. The second kappa shape index (κ2) is 6.39. The highest BCUT2D eigenvalue weighted by Gasteiger charge is 2.11. The average molecular weight is 285 g/mol. The summed E-state index contributed by atoms with van der Waals surface area (Å²) in [5, 5.41) is 2.74. The van der Waals surface area contributed by atoms with Gasteiger partial charge in [-0.15, -0.1) is 0 Å². The molecular formula is C16H15NO2S. The highest BCUT2D eigenvalue weighted by molar-refractivity contribution is 7.81. The highest BCUT2D eigenvalue weighted by atomic mass is 32.1. The number of nitrogens with one attached hydrogen (secondary N) is 1. The molecule has 0 aliphatic rings. The number of hydrogen-bond acceptors (Lipinski definition) is 3. The van der Waals surface area contributed by atoms with Gasteiger partial charge in [0.05, 0.1) is 5.75 Å². The van der Waals surface area contributed by atoms with Gasteiger partial charge in [0.15, 0.2) is 5.78 Å². The lowest BCUT2D eigenvalue weighted by molar-refractivity contribution is -0.113. The molecule has 0 aliphatic carbocycles. The predicted octanol–water partition coefficient (Wildman–Crippen LogP) is 3.09. The number of carbonyl (C=O) groups is 2. The number of hydrogen-bond donors (Lipinski definition) is 2. The molecule has 0 aliphatic heterocycles. The number of thiol groups is 1. The maximum absolute atomic E-state index is 12.3. The SMILES string of the molecule is Cc1ccc(C(=O)c2ccccc2)cc1NC(=O)CS. The van der Waals surface area contributed by atoms with Gasteiger partial charge in [-0.25, -0.2) is 0 Å². The van der Waals surface area contributed by atoms with Crippen molar-refractivity contribution in [1.29, 1.82) is 0 Å². The van der Waals surface area contributed by atoms with Crippen LogP contribution in [-0.4, -0.2) is 17.4 Å². The van der Waals surface area contributed by atoms with Crippen LogP contribution in [0.2, 0.25) is 0 Å². The summed E-state index contributed by atoms with van der Waals surface area (Å²) in [5.74, 6) is -0.149. The van der Waals surface area contributed by atoms with E-state index in [-0.39, 0.29) is 17.4 Å². The summed E-state index contributed by atoms with van der Waals surface area (Å²) >= 11 is 3.92. The minimum atomic E-state index is -0.194. The molecule has 0 radical (unpaired) electrons. The van der Waals surface area contributed by atoms with Gasteiger partial charge in [-0.1, -0.05) is 42.5 Å². The largest absolute Gasteiger partial charge is 0.325 e. The first-order chi connectivity index (χ1) is 9.61. The summed E-state index contributed by atoms with van der Waals surface area (Å²) in [6.45, 7) is 1.88. The normalized spacial score (nSPS) is 10.1. The smallest absolute Gasteiger partial charge is 0.234 e. The first-order valence-electron chi connectivity index (χ1n) is 6.23. The lowest BCUT2D eigenvalue weighted by Gasteiger charge is -2.09. The lowest BCUT2D eigenvalue weighted by Crippen LogP contribution is -2.14. The van der Waals surface area contributed by atoms with E-state index in [9.17, 15) is 9.59 Å². The fourth-order valence-corrected chi connectivity index (χ4v) is 1.92. The van der Waals surface area contributed by atoms with Crippen LogP contribution >= 0.6 is 12.6 Å². The Morgan fingerprint density at radius 2 is 1.75 bits per heavy atom. The van der Waals surface area contributed by atoms with E-state index in [0.29, 0.717) is 16.8 Å². The maximum atomic E-state index is 12.3. The zero-order valence-corrected chi connectivity index (χ0v) is 12.0. The summed E-state index contributed by atoms with van der Waals surface area (Å²) in [6.07, 6.45) is 0. The molecule has 0 heterocycles. The Hall–Kier alpha value is -2.07. The highest BCUT2D eigenvalue weighted by Crippen LogP contribution is 2.19. The van der Waals surface area contributed by atoms with E-state index in [4.69, 9.17) is 0 Å². The van der Waals surface area contributed by atoms with Gasteiger partial charge in [-0.2, -0.15) is 12.6 Å². The van der Waals surface area contributed by atoms with E-state index in [0.717, 1.165) is 5.56 Å². The number of benzene rings is 2. The Balaban J connectivity index is 2.32. The molecule has 1 N–H and O–H groups in total. The maximum Gasteiger partial charge on any atom is 0.234 e. The fourth-order valence-electron chi connectivity index (χ4n) is 1.84. The van der Waals surface area contributed by atoms with E-state index < -0.39 is 0 Å². The molecule has 0 aromatic heterocycles.